The van der Waals surface area contributed by atoms with Crippen LogP contribution < -0.4 is 27.2 Å². The van der Waals surface area contributed by atoms with E-state index in [1.165, 1.54) is 45.3 Å². The number of nitrogens with zero attached hydrogens (tertiary/aromatic N) is 4. The lowest BCUT2D eigenvalue weighted by Crippen LogP contribution is -2.50. The predicted molar refractivity (Wildman–Crippen MR) is 98.6 cm³/mol. The Hall–Kier alpha value is -1.90. The average Bonchev–Trinajstić information content (AvgIpc) is 3.26. The molecule has 0 amide bonds. The number of hydrogen-bond acceptors (Lipinski definition) is 8. The summed E-state index contributed by atoms with van der Waals surface area (Å²) in [5, 5.41) is 0. The van der Waals surface area contributed by atoms with Crippen LogP contribution in [-0.2, 0) is 5.79 Å². The fraction of sp³-hybridized carbons (Fsp3) is 0.647. The summed E-state index contributed by atoms with van der Waals surface area (Å²) in [5.74, 6) is 1.08. The zero-order valence-corrected chi connectivity index (χ0v) is 14.6. The van der Waals surface area contributed by atoms with Crippen LogP contribution in [0.15, 0.2) is 23.3 Å². The first kappa shape index (κ1) is 16.6. The molecule has 0 radical (unpaired) electrons. The molecule has 0 aliphatic carbocycles. The summed E-state index contributed by atoms with van der Waals surface area (Å²) in [7, 11) is 0. The number of aliphatic imine (C=N–C) groups is 1. The van der Waals surface area contributed by atoms with Crippen molar-refractivity contribution >= 4 is 11.8 Å². The number of nitrogens with one attached hydrogen (secondary N) is 2. The van der Waals surface area contributed by atoms with Crippen molar-refractivity contribution in [3.05, 3.63) is 23.9 Å². The third-order valence-corrected chi connectivity index (χ3v) is 5.52. The Kier molecular flexibility index (Phi) is 4.49. The van der Waals surface area contributed by atoms with Gasteiger partial charge >= 0.3 is 0 Å². The monoisotopic (exact) mass is 344 g/mol. The van der Waals surface area contributed by atoms with Crippen molar-refractivity contribution in [1.82, 2.24) is 20.7 Å². The summed E-state index contributed by atoms with van der Waals surface area (Å²) >= 11 is 0. The van der Waals surface area contributed by atoms with Crippen molar-refractivity contribution in [2.24, 2.45) is 22.4 Å². The standard InChI is InChI=1S/C17H28N8/c18-16-21-17(19,23-22-16)14-3-4-15(20-11-14)25-9-5-13(6-10-25)12-24-7-1-2-8-24/h3-4,11,13,23H,1-2,5-10,12,19H2,(H3,18,21,22). The number of pyridine rings is 1. The van der Waals surface area contributed by atoms with Gasteiger partial charge in [-0.1, -0.05) is 0 Å². The molecule has 0 saturated carbocycles. The van der Waals surface area contributed by atoms with E-state index in [-0.39, 0.29) is 5.96 Å². The van der Waals surface area contributed by atoms with Crippen molar-refractivity contribution in [3.63, 3.8) is 0 Å². The first-order valence-electron chi connectivity index (χ1n) is 9.24. The molecule has 136 valence electrons. The molecule has 6 N–H and O–H groups in total. The summed E-state index contributed by atoms with van der Waals surface area (Å²) in [6.45, 7) is 6.00. The quantitative estimate of drug-likeness (QED) is 0.603. The Morgan fingerprint density at radius 2 is 1.92 bits per heavy atom. The van der Waals surface area contributed by atoms with Crippen molar-refractivity contribution in [2.45, 2.75) is 31.5 Å². The maximum atomic E-state index is 6.20. The van der Waals surface area contributed by atoms with Gasteiger partial charge in [-0.25, -0.2) is 9.98 Å². The van der Waals surface area contributed by atoms with Gasteiger partial charge in [-0.15, -0.1) is 0 Å². The van der Waals surface area contributed by atoms with Gasteiger partial charge in [-0.3, -0.25) is 11.2 Å². The van der Waals surface area contributed by atoms with E-state index in [2.05, 4.69) is 30.6 Å². The minimum Gasteiger partial charge on any atom is -0.369 e. The largest absolute Gasteiger partial charge is 0.369 e. The van der Waals surface area contributed by atoms with E-state index >= 15 is 0 Å². The van der Waals surface area contributed by atoms with Gasteiger partial charge in [0.15, 0.2) is 0 Å². The number of hydrazine groups is 1. The number of anilines is 1. The van der Waals surface area contributed by atoms with Gasteiger partial charge in [0.2, 0.25) is 11.7 Å². The van der Waals surface area contributed by atoms with E-state index in [0.717, 1.165) is 30.4 Å². The normalized spacial score (nSPS) is 28.2. The van der Waals surface area contributed by atoms with E-state index < -0.39 is 5.79 Å². The highest BCUT2D eigenvalue weighted by Crippen LogP contribution is 2.25. The molecule has 0 spiro atoms. The topological polar surface area (TPSA) is 108 Å². The number of hydrogen-bond donors (Lipinski definition) is 4. The summed E-state index contributed by atoms with van der Waals surface area (Å²) in [4.78, 5) is 13.8. The van der Waals surface area contributed by atoms with E-state index in [4.69, 9.17) is 11.5 Å². The molecular weight excluding hydrogens is 316 g/mol. The summed E-state index contributed by atoms with van der Waals surface area (Å²) in [6.07, 6.45) is 7.01. The van der Waals surface area contributed by atoms with E-state index in [1.54, 1.807) is 6.20 Å². The summed E-state index contributed by atoms with van der Waals surface area (Å²) < 4.78 is 0. The number of piperidine rings is 1. The molecule has 1 aromatic rings. The van der Waals surface area contributed by atoms with Gasteiger partial charge < -0.3 is 15.5 Å². The zero-order valence-electron chi connectivity index (χ0n) is 14.6. The molecule has 1 atom stereocenters. The van der Waals surface area contributed by atoms with Crippen LogP contribution in [0.25, 0.3) is 0 Å². The smallest absolute Gasteiger partial charge is 0.210 e. The molecule has 0 aromatic carbocycles. The van der Waals surface area contributed by atoms with Crippen LogP contribution in [0.3, 0.4) is 0 Å². The average molecular weight is 344 g/mol. The first-order valence-corrected chi connectivity index (χ1v) is 9.24. The number of nitrogens with two attached hydrogens (primary N) is 2. The molecule has 1 unspecified atom stereocenters. The SMILES string of the molecule is NC1=NC(N)(c2ccc(N3CCC(CN4CCCC4)CC3)nc2)NN1. The maximum absolute atomic E-state index is 6.20. The molecule has 8 heteroatoms. The Balaban J connectivity index is 1.34. The molecule has 8 nitrogen and oxygen atoms in total. The highest BCUT2D eigenvalue weighted by molar-refractivity contribution is 5.79. The van der Waals surface area contributed by atoms with Crippen LogP contribution in [0.5, 0.6) is 0 Å². The van der Waals surface area contributed by atoms with Crippen molar-refractivity contribution in [1.29, 1.82) is 0 Å². The van der Waals surface area contributed by atoms with Crippen LogP contribution in [0.4, 0.5) is 5.82 Å². The minimum atomic E-state index is -1.04. The number of rotatable bonds is 4. The number of aromatic nitrogens is 1. The number of guanidine groups is 1. The highest BCUT2D eigenvalue weighted by atomic mass is 15.6. The van der Waals surface area contributed by atoms with Gasteiger partial charge in [0.1, 0.15) is 5.82 Å². The zero-order chi connectivity index (χ0) is 17.3. The van der Waals surface area contributed by atoms with Crippen LogP contribution >= 0.6 is 0 Å². The van der Waals surface area contributed by atoms with Gasteiger partial charge in [0.25, 0.3) is 0 Å². The molecule has 3 aliphatic heterocycles. The van der Waals surface area contributed by atoms with Gasteiger partial charge in [-0.2, -0.15) is 5.43 Å². The Morgan fingerprint density at radius 1 is 1.16 bits per heavy atom. The lowest BCUT2D eigenvalue weighted by atomic mass is 9.96. The van der Waals surface area contributed by atoms with Crippen LogP contribution in [0, 0.1) is 5.92 Å². The maximum Gasteiger partial charge on any atom is 0.210 e. The fourth-order valence-corrected chi connectivity index (χ4v) is 4.02. The van der Waals surface area contributed by atoms with Gasteiger partial charge in [-0.05, 0) is 56.8 Å². The fourth-order valence-electron chi connectivity index (χ4n) is 4.02. The molecule has 2 fully saturated rings. The molecule has 2 saturated heterocycles. The Labute approximate surface area is 148 Å². The predicted octanol–water partition coefficient (Wildman–Crippen LogP) is -0.115. The van der Waals surface area contributed by atoms with Gasteiger partial charge in [0.05, 0.1) is 0 Å². The third kappa shape index (κ3) is 3.56. The second-order valence-corrected chi connectivity index (χ2v) is 7.36. The third-order valence-electron chi connectivity index (χ3n) is 5.52. The molecule has 4 heterocycles. The summed E-state index contributed by atoms with van der Waals surface area (Å²) in [5.41, 5.74) is 18.2. The molecule has 3 aliphatic rings. The highest BCUT2D eigenvalue weighted by Gasteiger charge is 2.32. The van der Waals surface area contributed by atoms with Crippen LogP contribution in [0.1, 0.15) is 31.2 Å². The molecule has 1 aromatic heterocycles. The van der Waals surface area contributed by atoms with Crippen molar-refractivity contribution < 1.29 is 0 Å². The van der Waals surface area contributed by atoms with E-state index in [1.807, 2.05) is 12.1 Å². The molecule has 4 rings (SSSR count). The number of likely N-dealkylation sites (tertiary alicyclic amines) is 1. The van der Waals surface area contributed by atoms with Gasteiger partial charge in [0, 0.05) is 31.4 Å². The molecular formula is C17H28N8. The van der Waals surface area contributed by atoms with E-state index in [9.17, 15) is 0 Å². The molecule has 0 bridgehead atoms. The van der Waals surface area contributed by atoms with E-state index in [0.29, 0.717) is 0 Å². The first-order chi connectivity index (χ1) is 12.1. The Bertz CT molecular complexity index is 616. The lowest BCUT2D eigenvalue weighted by molar-refractivity contribution is 0.249. The second kappa shape index (κ2) is 6.78. The second-order valence-electron chi connectivity index (χ2n) is 7.36. The van der Waals surface area contributed by atoms with Crippen LogP contribution in [0.2, 0.25) is 0 Å². The lowest BCUT2D eigenvalue weighted by Gasteiger charge is -2.34. The van der Waals surface area contributed by atoms with Crippen LogP contribution in [-0.4, -0.2) is 48.6 Å². The summed E-state index contributed by atoms with van der Waals surface area (Å²) in [6, 6.07) is 3.99. The Morgan fingerprint density at radius 3 is 2.52 bits per heavy atom. The minimum absolute atomic E-state index is 0.284. The van der Waals surface area contributed by atoms with Crippen molar-refractivity contribution in [2.75, 3.05) is 37.6 Å². The molecule has 25 heavy (non-hydrogen) atoms. The van der Waals surface area contributed by atoms with Crippen molar-refractivity contribution in [3.8, 4) is 0 Å².